The van der Waals surface area contributed by atoms with Crippen molar-refractivity contribution in [3.8, 4) is 34.2 Å². The van der Waals surface area contributed by atoms with Gasteiger partial charge in [0, 0.05) is 16.7 Å². The minimum Gasteiger partial charge on any atom is -0.208 e. The molecule has 3 nitrogen and oxygen atoms in total. The lowest BCUT2D eigenvalue weighted by Crippen LogP contribution is -2.00. The highest BCUT2D eigenvalue weighted by atomic mass is 32.1. The van der Waals surface area contributed by atoms with Gasteiger partial charge in [0.1, 0.15) is 0 Å². The van der Waals surface area contributed by atoms with Crippen LogP contribution in [0.2, 0.25) is 0 Å². The Balaban J connectivity index is 1.61. The van der Waals surface area contributed by atoms with E-state index in [0.29, 0.717) is 17.5 Å². The summed E-state index contributed by atoms with van der Waals surface area (Å²) < 4.78 is 0. The molecule has 0 fully saturated rings. The van der Waals surface area contributed by atoms with Crippen LogP contribution in [-0.4, -0.2) is 20.7 Å². The van der Waals surface area contributed by atoms with Gasteiger partial charge < -0.3 is 0 Å². The fourth-order valence-corrected chi connectivity index (χ4v) is 3.78. The number of benzene rings is 3. The molecule has 4 rings (SSSR count). The molecule has 0 bridgehead atoms. The van der Waals surface area contributed by atoms with Crippen LogP contribution >= 0.6 is 12.6 Å². The van der Waals surface area contributed by atoms with E-state index in [2.05, 4.69) is 36.9 Å². The van der Waals surface area contributed by atoms with Crippen molar-refractivity contribution < 1.29 is 0 Å². The zero-order chi connectivity index (χ0) is 21.3. The summed E-state index contributed by atoms with van der Waals surface area (Å²) in [6, 6.07) is 28.8. The molecule has 0 saturated heterocycles. The van der Waals surface area contributed by atoms with Crippen molar-refractivity contribution in [1.29, 1.82) is 0 Å². The van der Waals surface area contributed by atoms with E-state index in [1.807, 2.05) is 60.7 Å². The van der Waals surface area contributed by atoms with Gasteiger partial charge in [0.2, 0.25) is 0 Å². The van der Waals surface area contributed by atoms with Crippen LogP contribution in [0.15, 0.2) is 84.9 Å². The molecule has 0 atom stereocenters. The van der Waals surface area contributed by atoms with Crippen molar-refractivity contribution in [2.24, 2.45) is 0 Å². The maximum absolute atomic E-state index is 4.80. The second-order valence-electron chi connectivity index (χ2n) is 7.62. The number of hydrogen-bond acceptors (Lipinski definition) is 4. The maximum Gasteiger partial charge on any atom is 0.164 e. The summed E-state index contributed by atoms with van der Waals surface area (Å²) in [6.45, 7) is 0. The lowest BCUT2D eigenvalue weighted by molar-refractivity contribution is 0.671. The van der Waals surface area contributed by atoms with E-state index in [4.69, 9.17) is 15.0 Å². The summed E-state index contributed by atoms with van der Waals surface area (Å²) >= 11 is 4.28. The predicted molar refractivity (Wildman–Crippen MR) is 132 cm³/mol. The minimum absolute atomic E-state index is 0.692. The number of unbranched alkanes of at least 4 members (excludes halogenated alkanes) is 3. The Hall–Kier alpha value is -2.98. The molecular weight excluding hydrogens is 398 g/mol. The van der Waals surface area contributed by atoms with E-state index in [-0.39, 0.29) is 0 Å². The molecule has 0 radical (unpaired) electrons. The first-order valence-electron chi connectivity index (χ1n) is 10.9. The summed E-state index contributed by atoms with van der Waals surface area (Å²) in [7, 11) is 0. The number of thiol groups is 1. The normalized spacial score (nSPS) is 10.9. The number of aromatic nitrogens is 3. The summed E-state index contributed by atoms with van der Waals surface area (Å²) in [5.41, 5.74) is 4.34. The van der Waals surface area contributed by atoms with Crippen LogP contribution in [0.5, 0.6) is 0 Å². The molecule has 1 aromatic heterocycles. The zero-order valence-corrected chi connectivity index (χ0v) is 18.5. The highest BCUT2D eigenvalue weighted by Crippen LogP contribution is 2.25. The molecule has 1 heterocycles. The van der Waals surface area contributed by atoms with Gasteiger partial charge in [0.05, 0.1) is 0 Å². The summed E-state index contributed by atoms with van der Waals surface area (Å²) in [5, 5.41) is 0. The van der Waals surface area contributed by atoms with Crippen molar-refractivity contribution in [1.82, 2.24) is 15.0 Å². The minimum atomic E-state index is 0.692. The van der Waals surface area contributed by atoms with Crippen LogP contribution in [0.25, 0.3) is 34.2 Å². The lowest BCUT2D eigenvalue weighted by atomic mass is 10.0. The van der Waals surface area contributed by atoms with E-state index in [1.54, 1.807) is 0 Å². The van der Waals surface area contributed by atoms with Crippen molar-refractivity contribution in [2.75, 3.05) is 5.75 Å². The van der Waals surface area contributed by atoms with E-state index >= 15 is 0 Å². The number of nitrogens with zero attached hydrogens (tertiary/aromatic N) is 3. The monoisotopic (exact) mass is 425 g/mol. The fraction of sp³-hybridized carbons (Fsp3) is 0.222. The first-order chi connectivity index (χ1) is 15.3. The average molecular weight is 426 g/mol. The molecule has 3 aromatic carbocycles. The fourth-order valence-electron chi connectivity index (χ4n) is 3.55. The number of aryl methyl sites for hydroxylation is 1. The first-order valence-corrected chi connectivity index (χ1v) is 11.5. The van der Waals surface area contributed by atoms with E-state index < -0.39 is 0 Å². The summed E-state index contributed by atoms with van der Waals surface area (Å²) in [4.78, 5) is 14.3. The van der Waals surface area contributed by atoms with Gasteiger partial charge in [-0.25, -0.2) is 15.0 Å². The average Bonchev–Trinajstić information content (AvgIpc) is 2.85. The Morgan fingerprint density at radius 2 is 0.935 bits per heavy atom. The van der Waals surface area contributed by atoms with Crippen molar-refractivity contribution in [3.05, 3.63) is 90.5 Å². The number of rotatable bonds is 9. The highest BCUT2D eigenvalue weighted by molar-refractivity contribution is 7.80. The molecule has 0 amide bonds. The van der Waals surface area contributed by atoms with Crippen LogP contribution in [0, 0.1) is 0 Å². The van der Waals surface area contributed by atoms with E-state index in [1.165, 1.54) is 31.2 Å². The van der Waals surface area contributed by atoms with Gasteiger partial charge in [-0.2, -0.15) is 12.6 Å². The third-order valence-corrected chi connectivity index (χ3v) is 5.60. The summed E-state index contributed by atoms with van der Waals surface area (Å²) in [5.74, 6) is 3.07. The van der Waals surface area contributed by atoms with Gasteiger partial charge >= 0.3 is 0 Å². The van der Waals surface area contributed by atoms with Crippen LogP contribution in [0.4, 0.5) is 0 Å². The van der Waals surface area contributed by atoms with Crippen LogP contribution in [0.3, 0.4) is 0 Å². The van der Waals surface area contributed by atoms with E-state index in [9.17, 15) is 0 Å². The largest absolute Gasteiger partial charge is 0.208 e. The predicted octanol–water partition coefficient (Wildman–Crippen LogP) is 6.91. The Labute approximate surface area is 190 Å². The molecule has 4 aromatic rings. The molecule has 0 saturated carbocycles. The SMILES string of the molecule is SCCCCCCc1ccc(-c2nc(-c3ccccc3)nc(-c3ccccc3)n2)cc1. The Morgan fingerprint density at radius 1 is 0.484 bits per heavy atom. The lowest BCUT2D eigenvalue weighted by Gasteiger charge is -2.09. The molecule has 0 aliphatic rings. The first kappa shape index (κ1) is 21.3. The Kier molecular flexibility index (Phi) is 7.46. The molecule has 31 heavy (non-hydrogen) atoms. The van der Waals surface area contributed by atoms with Gasteiger partial charge in [-0.1, -0.05) is 97.8 Å². The Bertz CT molecular complexity index is 1020. The molecule has 0 spiro atoms. The number of hydrogen-bond donors (Lipinski definition) is 1. The standard InChI is InChI=1S/C27H27N3S/c31-20-10-2-1-5-11-21-16-18-24(19-17-21)27-29-25(22-12-6-3-7-13-22)28-26(30-27)23-14-8-4-9-15-23/h3-4,6-9,12-19,31H,1-2,5,10-11,20H2. The molecule has 4 heteroatoms. The molecule has 0 aliphatic heterocycles. The van der Waals surface area contributed by atoms with Crippen LogP contribution < -0.4 is 0 Å². The summed E-state index contributed by atoms with van der Waals surface area (Å²) in [6.07, 6.45) is 6.05. The second-order valence-corrected chi connectivity index (χ2v) is 8.07. The Morgan fingerprint density at radius 3 is 1.42 bits per heavy atom. The van der Waals surface area contributed by atoms with Crippen molar-refractivity contribution in [3.63, 3.8) is 0 Å². The van der Waals surface area contributed by atoms with Crippen molar-refractivity contribution >= 4 is 12.6 Å². The second kappa shape index (κ2) is 10.9. The maximum atomic E-state index is 4.80. The third kappa shape index (κ3) is 5.80. The van der Waals surface area contributed by atoms with Gasteiger partial charge in [-0.3, -0.25) is 0 Å². The quantitative estimate of drug-likeness (QED) is 0.234. The zero-order valence-electron chi connectivity index (χ0n) is 17.6. The topological polar surface area (TPSA) is 38.7 Å². The molecular formula is C27H27N3S. The smallest absolute Gasteiger partial charge is 0.164 e. The van der Waals surface area contributed by atoms with Crippen molar-refractivity contribution in [2.45, 2.75) is 32.1 Å². The molecule has 0 aliphatic carbocycles. The third-order valence-electron chi connectivity index (χ3n) is 5.29. The molecule has 156 valence electrons. The van der Waals surface area contributed by atoms with Gasteiger partial charge in [-0.15, -0.1) is 0 Å². The van der Waals surface area contributed by atoms with Crippen LogP contribution in [-0.2, 0) is 6.42 Å². The highest BCUT2D eigenvalue weighted by Gasteiger charge is 2.11. The van der Waals surface area contributed by atoms with E-state index in [0.717, 1.165) is 28.9 Å². The van der Waals surface area contributed by atoms with Crippen LogP contribution in [0.1, 0.15) is 31.2 Å². The van der Waals surface area contributed by atoms with Gasteiger partial charge in [0.25, 0.3) is 0 Å². The molecule has 0 N–H and O–H groups in total. The molecule has 0 unspecified atom stereocenters. The van der Waals surface area contributed by atoms with Gasteiger partial charge in [-0.05, 0) is 30.6 Å². The van der Waals surface area contributed by atoms with Gasteiger partial charge in [0.15, 0.2) is 17.5 Å².